The summed E-state index contributed by atoms with van der Waals surface area (Å²) in [6.07, 6.45) is 0. The van der Waals surface area contributed by atoms with Crippen molar-refractivity contribution in [3.8, 4) is 0 Å². The van der Waals surface area contributed by atoms with Gasteiger partial charge < -0.3 is 5.73 Å². The Hall–Kier alpha value is -1.82. The minimum absolute atomic E-state index is 0.0778. The quantitative estimate of drug-likeness (QED) is 0.661. The fourth-order valence-electron chi connectivity index (χ4n) is 1.79. The zero-order valence-corrected chi connectivity index (χ0v) is 12.0. The second-order valence-corrected chi connectivity index (χ2v) is 5.41. The van der Waals surface area contributed by atoms with Gasteiger partial charge in [-0.05, 0) is 43.5 Å². The first kappa shape index (κ1) is 13.6. The molecule has 5 nitrogen and oxygen atoms in total. The minimum Gasteiger partial charge on any atom is -0.368 e. The van der Waals surface area contributed by atoms with Crippen molar-refractivity contribution >= 4 is 23.5 Å². The molecule has 0 fully saturated rings. The molecule has 0 saturated heterocycles. The third-order valence-corrected chi connectivity index (χ3v) is 3.80. The Morgan fingerprint density at radius 2 is 1.95 bits per heavy atom. The molecule has 0 aliphatic rings. The van der Waals surface area contributed by atoms with Gasteiger partial charge in [-0.1, -0.05) is 17.8 Å². The number of carbonyl (C=O) groups is 1. The van der Waals surface area contributed by atoms with E-state index in [0.717, 1.165) is 16.7 Å². The predicted molar refractivity (Wildman–Crippen MR) is 76.5 cm³/mol. The third kappa shape index (κ3) is 3.14. The SMILES string of the molecule is Cc1cc(C)c(C(=O)CSc2n[nH]c(N)n2)cc1C. The highest BCUT2D eigenvalue weighted by atomic mass is 32.2. The molecule has 2 aromatic rings. The number of nitrogens with zero attached hydrogens (tertiary/aromatic N) is 2. The predicted octanol–water partition coefficient (Wildman–Crippen LogP) is 2.29. The third-order valence-electron chi connectivity index (χ3n) is 2.96. The number of thioether (sulfide) groups is 1. The van der Waals surface area contributed by atoms with Crippen LogP contribution in [0.15, 0.2) is 17.3 Å². The van der Waals surface area contributed by atoms with Crippen LogP contribution in [0, 0.1) is 20.8 Å². The van der Waals surface area contributed by atoms with Crippen molar-refractivity contribution in [2.75, 3.05) is 11.5 Å². The average Bonchev–Trinajstić information content (AvgIpc) is 2.77. The molecular weight excluding hydrogens is 260 g/mol. The van der Waals surface area contributed by atoms with Gasteiger partial charge in [0.25, 0.3) is 0 Å². The van der Waals surface area contributed by atoms with Crippen molar-refractivity contribution in [3.05, 3.63) is 34.4 Å². The summed E-state index contributed by atoms with van der Waals surface area (Å²) in [7, 11) is 0. The number of carbonyl (C=O) groups excluding carboxylic acids is 1. The number of aryl methyl sites for hydroxylation is 3. The number of nitrogen functional groups attached to an aromatic ring is 1. The van der Waals surface area contributed by atoms with Gasteiger partial charge in [0.05, 0.1) is 5.75 Å². The zero-order chi connectivity index (χ0) is 14.0. The van der Waals surface area contributed by atoms with E-state index >= 15 is 0 Å². The molecule has 1 aromatic heterocycles. The molecule has 1 heterocycles. The number of aromatic nitrogens is 3. The molecule has 1 aromatic carbocycles. The largest absolute Gasteiger partial charge is 0.368 e. The lowest BCUT2D eigenvalue weighted by molar-refractivity contribution is 0.102. The molecule has 6 heteroatoms. The zero-order valence-electron chi connectivity index (χ0n) is 11.2. The number of nitrogens with two attached hydrogens (primary N) is 1. The monoisotopic (exact) mass is 276 g/mol. The van der Waals surface area contributed by atoms with Gasteiger partial charge in [0.2, 0.25) is 11.1 Å². The highest BCUT2D eigenvalue weighted by Gasteiger charge is 2.12. The molecule has 0 bridgehead atoms. The van der Waals surface area contributed by atoms with Crippen LogP contribution in [0.5, 0.6) is 0 Å². The van der Waals surface area contributed by atoms with E-state index in [2.05, 4.69) is 15.2 Å². The molecule has 0 radical (unpaired) electrons. The fourth-order valence-corrected chi connectivity index (χ4v) is 2.48. The number of hydrogen-bond donors (Lipinski definition) is 2. The van der Waals surface area contributed by atoms with Crippen LogP contribution in [0.4, 0.5) is 5.95 Å². The van der Waals surface area contributed by atoms with Gasteiger partial charge in [-0.25, -0.2) is 5.10 Å². The first-order valence-electron chi connectivity index (χ1n) is 5.89. The number of aromatic amines is 1. The maximum atomic E-state index is 12.2. The van der Waals surface area contributed by atoms with Gasteiger partial charge >= 0.3 is 0 Å². The number of H-pyrrole nitrogens is 1. The van der Waals surface area contributed by atoms with E-state index in [-0.39, 0.29) is 11.7 Å². The first-order valence-corrected chi connectivity index (χ1v) is 6.87. The van der Waals surface area contributed by atoms with Crippen LogP contribution >= 0.6 is 11.8 Å². The van der Waals surface area contributed by atoms with E-state index in [1.807, 2.05) is 32.9 Å². The minimum atomic E-state index is 0.0778. The number of hydrogen-bond acceptors (Lipinski definition) is 5. The summed E-state index contributed by atoms with van der Waals surface area (Å²) in [4.78, 5) is 16.1. The van der Waals surface area contributed by atoms with Crippen LogP contribution in [0.3, 0.4) is 0 Å². The number of Topliss-reactive ketones (excluding diaryl/α,β-unsaturated/α-hetero) is 1. The van der Waals surface area contributed by atoms with Gasteiger partial charge in [-0.15, -0.1) is 5.10 Å². The Balaban J connectivity index is 2.10. The van der Waals surface area contributed by atoms with Crippen molar-refractivity contribution in [3.63, 3.8) is 0 Å². The summed E-state index contributed by atoms with van der Waals surface area (Å²) in [5, 5.41) is 6.92. The number of ketones is 1. The Labute approximate surface area is 116 Å². The Kier molecular flexibility index (Phi) is 3.90. The van der Waals surface area contributed by atoms with Crippen molar-refractivity contribution in [2.45, 2.75) is 25.9 Å². The maximum absolute atomic E-state index is 12.2. The molecule has 0 aliphatic heterocycles. The van der Waals surface area contributed by atoms with Crippen molar-refractivity contribution in [1.82, 2.24) is 15.2 Å². The highest BCUT2D eigenvalue weighted by Crippen LogP contribution is 2.19. The normalized spacial score (nSPS) is 10.7. The highest BCUT2D eigenvalue weighted by molar-refractivity contribution is 7.99. The second kappa shape index (κ2) is 5.44. The summed E-state index contributed by atoms with van der Waals surface area (Å²) in [6.45, 7) is 6.01. The lowest BCUT2D eigenvalue weighted by Crippen LogP contribution is -2.06. The number of anilines is 1. The number of benzene rings is 1. The topological polar surface area (TPSA) is 84.7 Å². The molecule has 0 amide bonds. The molecule has 3 N–H and O–H groups in total. The fraction of sp³-hybridized carbons (Fsp3) is 0.308. The lowest BCUT2D eigenvalue weighted by Gasteiger charge is -2.08. The van der Waals surface area contributed by atoms with E-state index < -0.39 is 0 Å². The van der Waals surface area contributed by atoms with Crippen LogP contribution in [-0.2, 0) is 0 Å². The average molecular weight is 276 g/mol. The van der Waals surface area contributed by atoms with Gasteiger partial charge in [-0.3, -0.25) is 4.79 Å². The van der Waals surface area contributed by atoms with E-state index in [1.54, 1.807) is 0 Å². The maximum Gasteiger partial charge on any atom is 0.216 e. The van der Waals surface area contributed by atoms with Gasteiger partial charge in [-0.2, -0.15) is 4.98 Å². The molecule has 0 unspecified atom stereocenters. The van der Waals surface area contributed by atoms with Crippen LogP contribution in [0.25, 0.3) is 0 Å². The van der Waals surface area contributed by atoms with E-state index in [1.165, 1.54) is 17.3 Å². The molecular formula is C13H16N4OS. The van der Waals surface area contributed by atoms with Gasteiger partial charge in [0, 0.05) is 5.56 Å². The number of rotatable bonds is 4. The van der Waals surface area contributed by atoms with E-state index in [4.69, 9.17) is 5.73 Å². The summed E-state index contributed by atoms with van der Waals surface area (Å²) in [5.41, 5.74) is 9.52. The summed E-state index contributed by atoms with van der Waals surface area (Å²) < 4.78 is 0. The van der Waals surface area contributed by atoms with Gasteiger partial charge in [0.1, 0.15) is 0 Å². The summed E-state index contributed by atoms with van der Waals surface area (Å²) in [6, 6.07) is 3.98. The summed E-state index contributed by atoms with van der Waals surface area (Å²) >= 11 is 1.28. The molecule has 0 aliphatic carbocycles. The smallest absolute Gasteiger partial charge is 0.216 e. The van der Waals surface area contributed by atoms with E-state index in [9.17, 15) is 4.79 Å². The summed E-state index contributed by atoms with van der Waals surface area (Å²) in [5.74, 6) is 0.645. The van der Waals surface area contributed by atoms with Crippen LogP contribution in [0.1, 0.15) is 27.0 Å². The molecule has 0 atom stereocenters. The molecule has 100 valence electrons. The second-order valence-electron chi connectivity index (χ2n) is 4.47. The molecule has 2 rings (SSSR count). The molecule has 19 heavy (non-hydrogen) atoms. The van der Waals surface area contributed by atoms with Crippen molar-refractivity contribution in [2.24, 2.45) is 0 Å². The van der Waals surface area contributed by atoms with E-state index in [0.29, 0.717) is 10.9 Å². The lowest BCUT2D eigenvalue weighted by atomic mass is 9.99. The first-order chi connectivity index (χ1) is 8.97. The Morgan fingerprint density at radius 1 is 1.26 bits per heavy atom. The number of nitrogens with one attached hydrogen (secondary N) is 1. The Bertz CT molecular complexity index is 621. The van der Waals surface area contributed by atoms with Crippen LogP contribution in [-0.4, -0.2) is 26.7 Å². The molecule has 0 saturated carbocycles. The van der Waals surface area contributed by atoms with Crippen molar-refractivity contribution < 1.29 is 4.79 Å². The van der Waals surface area contributed by atoms with Crippen LogP contribution in [0.2, 0.25) is 0 Å². The standard InChI is InChI=1S/C13H16N4OS/c1-7-4-9(3)10(5-8(7)2)11(18)6-19-13-15-12(14)16-17-13/h4-5H,6H2,1-3H3,(H3,14,15,16,17). The van der Waals surface area contributed by atoms with Crippen molar-refractivity contribution in [1.29, 1.82) is 0 Å². The molecule has 0 spiro atoms. The van der Waals surface area contributed by atoms with Crippen LogP contribution < -0.4 is 5.73 Å². The Morgan fingerprint density at radius 3 is 2.58 bits per heavy atom. The van der Waals surface area contributed by atoms with Gasteiger partial charge in [0.15, 0.2) is 5.78 Å².